The van der Waals surface area contributed by atoms with Gasteiger partial charge in [0, 0.05) is 54.5 Å². The number of benzene rings is 3. The standard InChI is InChI=1S/C19H28N2O5.C16H24N2O4.C15H24N2O2.2ClH/c1-4-11-20(12-5-2)13-10-15-8-7-9-17(21(24)25)16(15)14-18(22)19(23)26-6-3;1-3-9-17(10-4-2)11-8-13-6-5-7-15(18(21)22)14(13)12-16(19)20;1-4-10-16(11-5-2)12-9-14-7-6-8-15(13(14)3)17(18)19;;/h7-9H,4-6,10-14H2,1-3H3;5-7H,3-4,8-12H2,1-2H3,(H,19,20);6-8H,4-5,9-12H2,1-3H3;2*1H. The minimum atomic E-state index is -1.05. The van der Waals surface area contributed by atoms with Crippen LogP contribution in [0, 0.1) is 37.3 Å². The summed E-state index contributed by atoms with van der Waals surface area (Å²) in [6.45, 7) is 25.0. The summed E-state index contributed by atoms with van der Waals surface area (Å²) in [5, 5.41) is 42.4. The molecule has 0 saturated heterocycles. The molecule has 3 aromatic rings. The first-order valence-corrected chi connectivity index (χ1v) is 23.8. The van der Waals surface area contributed by atoms with Crippen LogP contribution in [0.4, 0.5) is 17.1 Å². The normalized spacial score (nSPS) is 10.5. The molecule has 3 aromatic carbocycles. The molecule has 17 nitrogen and oxygen atoms in total. The lowest BCUT2D eigenvalue weighted by molar-refractivity contribution is -0.385. The number of carbonyl (C=O) groups excluding carboxylic acids is 2. The van der Waals surface area contributed by atoms with E-state index in [9.17, 15) is 44.7 Å². The molecule has 0 amide bonds. The second-order valence-corrected chi connectivity index (χ2v) is 16.3. The molecule has 0 fully saturated rings. The van der Waals surface area contributed by atoms with E-state index in [1.165, 1.54) is 12.1 Å². The highest BCUT2D eigenvalue weighted by Gasteiger charge is 2.25. The van der Waals surface area contributed by atoms with Crippen LogP contribution in [-0.4, -0.2) is 118 Å². The van der Waals surface area contributed by atoms with E-state index in [2.05, 4.69) is 56.2 Å². The SMILES string of the molecule is CCCN(CCC)CCc1cccc([N+](=O)[O-])c1C.CCCN(CCC)CCc1cccc([N+](=O)[O-])c1CC(=O)C(=O)OCC.CCCN(CCC)CCc1cccc([N+](=O)[O-])c1CC(=O)O.Cl.Cl. The average Bonchev–Trinajstić information content (AvgIpc) is 3.28. The summed E-state index contributed by atoms with van der Waals surface area (Å²) in [4.78, 5) is 73.8. The maximum atomic E-state index is 12.1. The van der Waals surface area contributed by atoms with Gasteiger partial charge in [0.2, 0.25) is 5.78 Å². The predicted molar refractivity (Wildman–Crippen MR) is 277 cm³/mol. The van der Waals surface area contributed by atoms with Gasteiger partial charge in [-0.1, -0.05) is 77.9 Å². The number of nitrogens with zero attached hydrogens (tertiary/aromatic N) is 6. The van der Waals surface area contributed by atoms with Gasteiger partial charge < -0.3 is 24.5 Å². The van der Waals surface area contributed by atoms with Crippen LogP contribution >= 0.6 is 24.8 Å². The van der Waals surface area contributed by atoms with Crippen LogP contribution in [0.5, 0.6) is 0 Å². The molecule has 0 aliphatic carbocycles. The third-order valence-corrected chi connectivity index (χ3v) is 11.0. The predicted octanol–water partition coefficient (Wildman–Crippen LogP) is 10.2. The van der Waals surface area contributed by atoms with E-state index >= 15 is 0 Å². The number of ketones is 1. The fraction of sp³-hybridized carbons (Fsp3) is 0.580. The molecule has 388 valence electrons. The smallest absolute Gasteiger partial charge is 0.374 e. The topological polar surface area (TPSA) is 220 Å². The molecule has 0 heterocycles. The lowest BCUT2D eigenvalue weighted by Crippen LogP contribution is -2.28. The Bertz CT molecular complexity index is 2010. The first-order valence-electron chi connectivity index (χ1n) is 23.8. The molecular formula is C50H78Cl2N6O11. The first kappa shape index (κ1) is 66.0. The second-order valence-electron chi connectivity index (χ2n) is 16.3. The molecule has 0 radical (unpaired) electrons. The maximum absolute atomic E-state index is 12.1. The molecule has 0 aliphatic heterocycles. The number of nitro benzene ring substituents is 3. The zero-order valence-corrected chi connectivity index (χ0v) is 43.7. The van der Waals surface area contributed by atoms with Crippen molar-refractivity contribution < 1.29 is 39.0 Å². The van der Waals surface area contributed by atoms with E-state index in [0.29, 0.717) is 24.0 Å². The van der Waals surface area contributed by atoms with Crippen molar-refractivity contribution in [3.63, 3.8) is 0 Å². The molecular weight excluding hydrogens is 931 g/mol. The molecule has 0 aliphatic rings. The van der Waals surface area contributed by atoms with Gasteiger partial charge in [-0.25, -0.2) is 4.79 Å². The zero-order chi connectivity index (χ0) is 50.3. The Labute approximate surface area is 421 Å². The third kappa shape index (κ3) is 24.9. The Morgan fingerprint density at radius 1 is 0.507 bits per heavy atom. The van der Waals surface area contributed by atoms with Gasteiger partial charge in [0.05, 0.1) is 34.2 Å². The van der Waals surface area contributed by atoms with E-state index in [1.807, 2.05) is 13.0 Å². The largest absolute Gasteiger partial charge is 0.481 e. The number of carbonyl (C=O) groups is 3. The molecule has 19 heteroatoms. The van der Waals surface area contributed by atoms with Crippen molar-refractivity contribution in [1.82, 2.24) is 14.7 Å². The van der Waals surface area contributed by atoms with E-state index in [1.54, 1.807) is 43.3 Å². The highest BCUT2D eigenvalue weighted by molar-refractivity contribution is 6.34. The quantitative estimate of drug-likeness (QED) is 0.0284. The molecule has 69 heavy (non-hydrogen) atoms. The molecule has 0 unspecified atom stereocenters. The lowest BCUT2D eigenvalue weighted by atomic mass is 9.97. The van der Waals surface area contributed by atoms with E-state index in [-0.39, 0.29) is 66.2 Å². The Morgan fingerprint density at radius 2 is 0.826 bits per heavy atom. The summed E-state index contributed by atoms with van der Waals surface area (Å²) >= 11 is 0. The summed E-state index contributed by atoms with van der Waals surface area (Å²) in [5.74, 6) is -2.76. The molecule has 0 saturated carbocycles. The van der Waals surface area contributed by atoms with Gasteiger partial charge in [0.1, 0.15) is 0 Å². The average molecular weight is 1010 g/mol. The Morgan fingerprint density at radius 3 is 1.14 bits per heavy atom. The number of rotatable bonds is 30. The van der Waals surface area contributed by atoms with Gasteiger partial charge in [-0.05, 0) is 128 Å². The summed E-state index contributed by atoms with van der Waals surface area (Å²) in [5.41, 5.74) is 4.02. The van der Waals surface area contributed by atoms with Gasteiger partial charge in [-0.2, -0.15) is 0 Å². The molecule has 0 spiro atoms. The number of hydrogen-bond acceptors (Lipinski definition) is 13. The number of ether oxygens (including phenoxy) is 1. The summed E-state index contributed by atoms with van der Waals surface area (Å²) in [6.07, 6.45) is 7.94. The van der Waals surface area contributed by atoms with Crippen LogP contribution in [0.2, 0.25) is 0 Å². The molecule has 0 bridgehead atoms. The van der Waals surface area contributed by atoms with Gasteiger partial charge >= 0.3 is 11.9 Å². The molecule has 1 N–H and O–H groups in total. The zero-order valence-electron chi connectivity index (χ0n) is 42.1. The number of hydrogen-bond donors (Lipinski definition) is 1. The van der Waals surface area contributed by atoms with Gasteiger partial charge in [-0.3, -0.25) is 39.9 Å². The third-order valence-electron chi connectivity index (χ3n) is 11.0. The Balaban J connectivity index is 0. The van der Waals surface area contributed by atoms with Crippen molar-refractivity contribution in [1.29, 1.82) is 0 Å². The number of esters is 1. The Hall–Kier alpha value is -5.07. The highest BCUT2D eigenvalue weighted by Crippen LogP contribution is 2.26. The fourth-order valence-electron chi connectivity index (χ4n) is 7.93. The van der Waals surface area contributed by atoms with Crippen LogP contribution in [0.3, 0.4) is 0 Å². The van der Waals surface area contributed by atoms with Crippen molar-refractivity contribution in [3.8, 4) is 0 Å². The minimum absolute atomic E-state index is 0. The lowest BCUT2D eigenvalue weighted by Gasteiger charge is -2.21. The molecule has 0 aromatic heterocycles. The number of halogens is 2. The van der Waals surface area contributed by atoms with Crippen LogP contribution < -0.4 is 0 Å². The first-order chi connectivity index (χ1) is 32.0. The molecule has 0 atom stereocenters. The second kappa shape index (κ2) is 37.8. The van der Waals surface area contributed by atoms with Crippen molar-refractivity contribution >= 4 is 59.6 Å². The Kier molecular flexibility index (Phi) is 36.1. The fourth-order valence-corrected chi connectivity index (χ4v) is 7.93. The number of Topliss-reactive ketones (excluding diaryl/α,β-unsaturated/α-hetero) is 1. The van der Waals surface area contributed by atoms with Crippen LogP contribution in [0.1, 0.15) is 120 Å². The summed E-state index contributed by atoms with van der Waals surface area (Å²) < 4.78 is 4.71. The number of carboxylic acids is 1. The van der Waals surface area contributed by atoms with Crippen LogP contribution in [0.15, 0.2) is 54.6 Å². The summed E-state index contributed by atoms with van der Waals surface area (Å²) in [6, 6.07) is 14.9. The van der Waals surface area contributed by atoms with E-state index in [0.717, 1.165) is 126 Å². The monoisotopic (exact) mass is 1010 g/mol. The van der Waals surface area contributed by atoms with E-state index in [4.69, 9.17) is 9.84 Å². The van der Waals surface area contributed by atoms with Crippen molar-refractivity contribution in [3.05, 3.63) is 118 Å². The van der Waals surface area contributed by atoms with Crippen molar-refractivity contribution in [2.45, 2.75) is 126 Å². The maximum Gasteiger partial charge on any atom is 0.374 e. The highest BCUT2D eigenvalue weighted by atomic mass is 35.5. The minimum Gasteiger partial charge on any atom is -0.481 e. The van der Waals surface area contributed by atoms with Gasteiger partial charge in [0.25, 0.3) is 17.1 Å². The summed E-state index contributed by atoms with van der Waals surface area (Å²) in [7, 11) is 0. The van der Waals surface area contributed by atoms with E-state index < -0.39 is 27.6 Å². The van der Waals surface area contributed by atoms with Crippen LogP contribution in [0.25, 0.3) is 0 Å². The van der Waals surface area contributed by atoms with Gasteiger partial charge in [0.15, 0.2) is 0 Å². The number of aliphatic carboxylic acids is 1. The van der Waals surface area contributed by atoms with Crippen LogP contribution in [-0.2, 0) is 51.2 Å². The van der Waals surface area contributed by atoms with Gasteiger partial charge in [-0.15, -0.1) is 24.8 Å². The van der Waals surface area contributed by atoms with Crippen molar-refractivity contribution in [2.75, 3.05) is 65.5 Å². The van der Waals surface area contributed by atoms with Crippen molar-refractivity contribution in [2.24, 2.45) is 0 Å². The number of nitro groups is 3. The number of carboxylic acid groups (broad SMARTS) is 1. The molecule has 3 rings (SSSR count).